The lowest BCUT2D eigenvalue weighted by molar-refractivity contribution is -0.119. The average Bonchev–Trinajstić information content (AvgIpc) is 3.49. The van der Waals surface area contributed by atoms with E-state index in [1.54, 1.807) is 36.4 Å². The predicted molar refractivity (Wildman–Crippen MR) is 117 cm³/mol. The smallest absolute Gasteiger partial charge is 0.248 e. The Morgan fingerprint density at radius 1 is 1.33 bits per heavy atom. The summed E-state index contributed by atoms with van der Waals surface area (Å²) in [5, 5.41) is 11.5. The summed E-state index contributed by atoms with van der Waals surface area (Å²) in [4.78, 5) is 13.2. The van der Waals surface area contributed by atoms with Gasteiger partial charge in [-0.05, 0) is 30.0 Å². The molecule has 33 heavy (non-hydrogen) atoms. The number of hydrazine groups is 1. The number of benzene rings is 1. The Balaban J connectivity index is 1.58. The summed E-state index contributed by atoms with van der Waals surface area (Å²) in [6.07, 6.45) is 1.09. The summed E-state index contributed by atoms with van der Waals surface area (Å²) in [7, 11) is 1.53. The Bertz CT molecular complexity index is 1130. The topological polar surface area (TPSA) is 136 Å². The van der Waals surface area contributed by atoms with Crippen molar-refractivity contribution < 1.29 is 22.5 Å². The lowest BCUT2D eigenvalue weighted by atomic mass is 9.83. The van der Waals surface area contributed by atoms with Gasteiger partial charge in [0.15, 0.2) is 17.3 Å². The molecule has 174 valence electrons. The van der Waals surface area contributed by atoms with Gasteiger partial charge < -0.3 is 14.7 Å². The number of alkyl halides is 2. The van der Waals surface area contributed by atoms with E-state index >= 15 is 0 Å². The molecule has 3 aromatic rings. The van der Waals surface area contributed by atoms with Crippen LogP contribution >= 0.6 is 0 Å². The molecular weight excluding hydrogens is 434 g/mol. The number of furan rings is 1. The van der Waals surface area contributed by atoms with Crippen molar-refractivity contribution in [3.05, 3.63) is 59.9 Å². The van der Waals surface area contributed by atoms with Crippen molar-refractivity contribution in [2.24, 2.45) is 22.6 Å². The fraction of sp³-hybridized carbons (Fsp3) is 0.318. The number of nitrogens with one attached hydrogen (secondary N) is 1. The third-order valence-electron chi connectivity index (χ3n) is 5.56. The molecule has 0 spiro atoms. The number of hydrogen-bond acceptors (Lipinski definition) is 7. The fourth-order valence-electron chi connectivity index (χ4n) is 4.07. The molecule has 1 aromatic carbocycles. The summed E-state index contributed by atoms with van der Waals surface area (Å²) in [5.74, 6) is 1.62. The largest absolute Gasteiger partial charge is 0.463 e. The average molecular weight is 458 g/mol. The molecule has 1 fully saturated rings. The zero-order valence-electron chi connectivity index (χ0n) is 17.9. The number of hydrazone groups is 1. The van der Waals surface area contributed by atoms with Gasteiger partial charge in [0, 0.05) is 31.5 Å². The van der Waals surface area contributed by atoms with E-state index in [1.165, 1.54) is 19.4 Å². The number of aromatic nitrogens is 1. The zero-order valence-corrected chi connectivity index (χ0v) is 17.9. The van der Waals surface area contributed by atoms with Gasteiger partial charge in [-0.15, -0.1) is 5.10 Å². The molecule has 0 bridgehead atoms. The molecule has 0 aliphatic heterocycles. The summed E-state index contributed by atoms with van der Waals surface area (Å²) in [6.45, 7) is 0. The van der Waals surface area contributed by atoms with Gasteiger partial charge in [0.25, 0.3) is 0 Å². The number of carbonyl (C=O) groups is 1. The Morgan fingerprint density at radius 3 is 2.70 bits per heavy atom. The van der Waals surface area contributed by atoms with E-state index in [4.69, 9.17) is 20.5 Å². The molecule has 0 saturated heterocycles. The van der Waals surface area contributed by atoms with E-state index in [0.717, 1.165) is 5.12 Å². The van der Waals surface area contributed by atoms with E-state index in [2.05, 4.69) is 15.6 Å². The first-order valence-electron chi connectivity index (χ1n) is 10.3. The fourth-order valence-corrected chi connectivity index (χ4v) is 4.07. The summed E-state index contributed by atoms with van der Waals surface area (Å²) < 4.78 is 38.4. The van der Waals surface area contributed by atoms with E-state index in [1.807, 2.05) is 0 Å². The van der Waals surface area contributed by atoms with Crippen LogP contribution in [0.1, 0.15) is 36.3 Å². The van der Waals surface area contributed by atoms with Crippen molar-refractivity contribution in [2.45, 2.75) is 31.1 Å². The van der Waals surface area contributed by atoms with Crippen LogP contribution in [0.3, 0.4) is 0 Å². The van der Waals surface area contributed by atoms with Crippen LogP contribution in [0.4, 0.5) is 14.7 Å². The molecule has 2 aromatic heterocycles. The van der Waals surface area contributed by atoms with Crippen LogP contribution < -0.4 is 16.9 Å². The number of anilines is 1. The first kappa shape index (κ1) is 22.5. The molecule has 5 N–H and O–H groups in total. The first-order chi connectivity index (χ1) is 15.7. The van der Waals surface area contributed by atoms with Crippen molar-refractivity contribution in [1.29, 1.82) is 0 Å². The van der Waals surface area contributed by atoms with Crippen LogP contribution in [0, 0.1) is 5.92 Å². The zero-order chi connectivity index (χ0) is 23.6. The highest BCUT2D eigenvalue weighted by Crippen LogP contribution is 2.45. The number of halogens is 2. The summed E-state index contributed by atoms with van der Waals surface area (Å²) >= 11 is 0. The summed E-state index contributed by atoms with van der Waals surface area (Å²) in [5.41, 5.74) is 7.48. The Morgan fingerprint density at radius 2 is 2.09 bits per heavy atom. The molecule has 11 heteroatoms. The minimum atomic E-state index is -2.80. The second-order valence-corrected chi connectivity index (χ2v) is 8.06. The van der Waals surface area contributed by atoms with Gasteiger partial charge in [-0.3, -0.25) is 10.1 Å². The van der Waals surface area contributed by atoms with Crippen LogP contribution in [-0.2, 0) is 4.79 Å². The molecule has 1 aliphatic carbocycles. The second kappa shape index (κ2) is 9.02. The molecule has 2 heterocycles. The van der Waals surface area contributed by atoms with Crippen LogP contribution in [0.15, 0.2) is 62.8 Å². The van der Waals surface area contributed by atoms with Crippen molar-refractivity contribution in [3.8, 4) is 11.5 Å². The van der Waals surface area contributed by atoms with Gasteiger partial charge >= 0.3 is 0 Å². The second-order valence-electron chi connectivity index (χ2n) is 8.06. The molecular formula is C22H24F2N6O3. The van der Waals surface area contributed by atoms with Gasteiger partial charge in [0.2, 0.25) is 17.7 Å². The standard InChI is InChI=1S/C22H24F2N6O3/c1-30(26)28-20(25)14-6-4-13(5-7-14)19(15-8-9-22(23,24)12-15)21(31)27-18-11-16(29-33-18)17-3-2-10-32-17/h2-7,10-11,15,19H,8-9,12,26H2,1H3,(H2,25,28)(H,27,31). The molecule has 1 amide bonds. The molecule has 2 atom stereocenters. The number of amides is 1. The van der Waals surface area contributed by atoms with E-state index in [9.17, 15) is 13.6 Å². The van der Waals surface area contributed by atoms with Gasteiger partial charge in [0.05, 0.1) is 12.2 Å². The molecule has 1 saturated carbocycles. The predicted octanol–water partition coefficient (Wildman–Crippen LogP) is 3.52. The maximum Gasteiger partial charge on any atom is 0.248 e. The molecule has 4 rings (SSSR count). The van der Waals surface area contributed by atoms with Gasteiger partial charge in [-0.2, -0.15) is 0 Å². The van der Waals surface area contributed by atoms with Gasteiger partial charge in [-0.1, -0.05) is 29.4 Å². The van der Waals surface area contributed by atoms with Crippen molar-refractivity contribution in [1.82, 2.24) is 10.3 Å². The Kier molecular flexibility index (Phi) is 6.14. The van der Waals surface area contributed by atoms with Gasteiger partial charge in [-0.25, -0.2) is 19.7 Å². The van der Waals surface area contributed by atoms with Crippen LogP contribution in [0.25, 0.3) is 11.5 Å². The monoisotopic (exact) mass is 458 g/mol. The lowest BCUT2D eigenvalue weighted by Crippen LogP contribution is -2.28. The number of nitrogens with zero attached hydrogens (tertiary/aromatic N) is 3. The lowest BCUT2D eigenvalue weighted by Gasteiger charge is -2.23. The molecule has 0 radical (unpaired) electrons. The maximum atomic E-state index is 14.0. The van der Waals surface area contributed by atoms with E-state index in [-0.39, 0.29) is 31.0 Å². The van der Waals surface area contributed by atoms with Gasteiger partial charge in [0.1, 0.15) is 0 Å². The normalized spacial score (nSPS) is 18.8. The number of amidine groups is 1. The number of carbonyl (C=O) groups excluding carboxylic acids is 1. The van der Waals surface area contributed by atoms with Crippen molar-refractivity contribution >= 4 is 17.6 Å². The maximum absolute atomic E-state index is 14.0. The highest BCUT2D eigenvalue weighted by molar-refractivity contribution is 5.98. The minimum absolute atomic E-state index is 0.0974. The molecule has 9 nitrogen and oxygen atoms in total. The van der Waals surface area contributed by atoms with E-state index < -0.39 is 23.7 Å². The first-order valence-corrected chi connectivity index (χ1v) is 10.3. The number of hydrogen-bond donors (Lipinski definition) is 3. The highest BCUT2D eigenvalue weighted by Gasteiger charge is 2.45. The third kappa shape index (κ3) is 5.20. The number of nitrogens with two attached hydrogens (primary N) is 2. The highest BCUT2D eigenvalue weighted by atomic mass is 19.3. The van der Waals surface area contributed by atoms with Crippen molar-refractivity contribution in [3.63, 3.8) is 0 Å². The number of rotatable bonds is 7. The van der Waals surface area contributed by atoms with E-state index in [0.29, 0.717) is 22.6 Å². The SMILES string of the molecule is CN(N)/N=C(\N)c1ccc(C(C(=O)Nc2cc(-c3ccco3)no2)C2CCC(F)(F)C2)cc1. The molecule has 1 aliphatic rings. The van der Waals surface area contributed by atoms with Crippen LogP contribution in [-0.4, -0.2) is 35.0 Å². The van der Waals surface area contributed by atoms with Crippen LogP contribution in [0.2, 0.25) is 0 Å². The van der Waals surface area contributed by atoms with Crippen molar-refractivity contribution in [2.75, 3.05) is 12.4 Å². The summed E-state index contributed by atoms with van der Waals surface area (Å²) in [6, 6.07) is 11.6. The minimum Gasteiger partial charge on any atom is -0.463 e. The molecule has 2 unspecified atom stereocenters. The van der Waals surface area contributed by atoms with Crippen LogP contribution in [0.5, 0.6) is 0 Å². The Hall–Kier alpha value is -3.73. The Labute approximate surface area is 188 Å². The third-order valence-corrected chi connectivity index (χ3v) is 5.56. The quantitative estimate of drug-likeness (QED) is 0.213.